The molecule has 3 rings (SSSR count). The second-order valence-electron chi connectivity index (χ2n) is 7.60. The highest BCUT2D eigenvalue weighted by Gasteiger charge is 2.44. The van der Waals surface area contributed by atoms with Gasteiger partial charge in [-0.05, 0) is 55.5 Å². The molecule has 10 heteroatoms. The minimum Gasteiger partial charge on any atom is -0.376 e. The molecule has 168 valence electrons. The third-order valence-corrected chi connectivity index (χ3v) is 5.59. The van der Waals surface area contributed by atoms with Crippen molar-refractivity contribution in [1.29, 1.82) is 0 Å². The SMILES string of the molecule is C=CC(=O)Nc1ccc(C(=O)N2CCC([C@@H]3OCC[C@H]3NC(=O)C(F)(F)F)CC2)cc1. The summed E-state index contributed by atoms with van der Waals surface area (Å²) in [6.07, 6.45) is -2.79. The van der Waals surface area contributed by atoms with E-state index in [2.05, 4.69) is 11.9 Å². The average molecular weight is 439 g/mol. The number of ether oxygens (including phenoxy) is 1. The molecule has 0 spiro atoms. The molecule has 7 nitrogen and oxygen atoms in total. The van der Waals surface area contributed by atoms with E-state index in [1.54, 1.807) is 29.2 Å². The number of nitrogens with one attached hydrogen (secondary N) is 2. The number of amides is 3. The summed E-state index contributed by atoms with van der Waals surface area (Å²) in [6, 6.07) is 5.81. The minimum absolute atomic E-state index is 0.0402. The molecular weight excluding hydrogens is 415 g/mol. The van der Waals surface area contributed by atoms with Gasteiger partial charge in [-0.1, -0.05) is 6.58 Å². The van der Waals surface area contributed by atoms with E-state index in [1.807, 2.05) is 5.32 Å². The summed E-state index contributed by atoms with van der Waals surface area (Å²) in [5.41, 5.74) is 1.02. The number of halogens is 3. The van der Waals surface area contributed by atoms with E-state index in [0.29, 0.717) is 50.2 Å². The van der Waals surface area contributed by atoms with Crippen LogP contribution >= 0.6 is 0 Å². The van der Waals surface area contributed by atoms with E-state index in [0.717, 1.165) is 6.08 Å². The van der Waals surface area contributed by atoms with Gasteiger partial charge in [0.15, 0.2) is 0 Å². The fourth-order valence-corrected chi connectivity index (χ4v) is 3.98. The Hall–Kier alpha value is -2.88. The van der Waals surface area contributed by atoms with Crippen molar-refractivity contribution in [2.24, 2.45) is 5.92 Å². The molecule has 2 aliphatic heterocycles. The van der Waals surface area contributed by atoms with Gasteiger partial charge in [-0.3, -0.25) is 14.4 Å². The highest BCUT2D eigenvalue weighted by molar-refractivity contribution is 5.99. The second-order valence-corrected chi connectivity index (χ2v) is 7.60. The summed E-state index contributed by atoms with van der Waals surface area (Å²) >= 11 is 0. The molecule has 31 heavy (non-hydrogen) atoms. The van der Waals surface area contributed by atoms with Crippen molar-refractivity contribution in [3.8, 4) is 0 Å². The summed E-state index contributed by atoms with van der Waals surface area (Å²) in [6.45, 7) is 4.55. The van der Waals surface area contributed by atoms with Crippen molar-refractivity contribution < 1.29 is 32.3 Å². The number of benzene rings is 1. The van der Waals surface area contributed by atoms with Gasteiger partial charge in [0.2, 0.25) is 5.91 Å². The smallest absolute Gasteiger partial charge is 0.376 e. The molecule has 0 aliphatic carbocycles. The molecule has 3 amide bonds. The van der Waals surface area contributed by atoms with Crippen molar-refractivity contribution in [3.63, 3.8) is 0 Å². The maximum atomic E-state index is 12.7. The monoisotopic (exact) mass is 439 g/mol. The quantitative estimate of drug-likeness (QED) is 0.691. The number of hydrogen-bond donors (Lipinski definition) is 2. The fourth-order valence-electron chi connectivity index (χ4n) is 3.98. The fraction of sp³-hybridized carbons (Fsp3) is 0.476. The van der Waals surface area contributed by atoms with E-state index in [1.165, 1.54) is 0 Å². The third-order valence-electron chi connectivity index (χ3n) is 5.59. The van der Waals surface area contributed by atoms with Gasteiger partial charge in [0.1, 0.15) is 0 Å². The van der Waals surface area contributed by atoms with Crippen molar-refractivity contribution in [1.82, 2.24) is 10.2 Å². The zero-order chi connectivity index (χ0) is 22.6. The lowest BCUT2D eigenvalue weighted by Gasteiger charge is -2.36. The van der Waals surface area contributed by atoms with Gasteiger partial charge >= 0.3 is 12.1 Å². The number of anilines is 1. The van der Waals surface area contributed by atoms with Crippen molar-refractivity contribution in [2.75, 3.05) is 25.0 Å². The van der Waals surface area contributed by atoms with Crippen LogP contribution in [0.2, 0.25) is 0 Å². The first-order chi connectivity index (χ1) is 14.7. The highest BCUT2D eigenvalue weighted by atomic mass is 19.4. The van der Waals surface area contributed by atoms with Crippen LogP contribution in [-0.4, -0.2) is 60.6 Å². The van der Waals surface area contributed by atoms with E-state index in [9.17, 15) is 27.6 Å². The molecule has 0 unspecified atom stereocenters. The van der Waals surface area contributed by atoms with Gasteiger partial charge < -0.3 is 20.3 Å². The topological polar surface area (TPSA) is 87.7 Å². The Kier molecular flexibility index (Phi) is 6.99. The van der Waals surface area contributed by atoms with Gasteiger partial charge in [-0.25, -0.2) is 0 Å². The molecule has 2 atom stereocenters. The number of rotatable bonds is 5. The number of hydrogen-bond acceptors (Lipinski definition) is 4. The van der Waals surface area contributed by atoms with Gasteiger partial charge in [0.25, 0.3) is 5.91 Å². The Morgan fingerprint density at radius 1 is 1.10 bits per heavy atom. The number of carbonyl (C=O) groups is 3. The summed E-state index contributed by atoms with van der Waals surface area (Å²) in [7, 11) is 0. The first-order valence-electron chi connectivity index (χ1n) is 10.0. The van der Waals surface area contributed by atoms with E-state index in [-0.39, 0.29) is 17.7 Å². The predicted octanol–water partition coefficient (Wildman–Crippen LogP) is 2.50. The van der Waals surface area contributed by atoms with Crippen LogP contribution in [0.5, 0.6) is 0 Å². The van der Waals surface area contributed by atoms with E-state index in [4.69, 9.17) is 4.74 Å². The summed E-state index contributed by atoms with van der Waals surface area (Å²) in [5, 5.41) is 4.65. The van der Waals surface area contributed by atoms with Crippen LogP contribution < -0.4 is 10.6 Å². The predicted molar refractivity (Wildman–Crippen MR) is 106 cm³/mol. The number of nitrogens with zero attached hydrogens (tertiary/aromatic N) is 1. The Labute approximate surface area is 177 Å². The van der Waals surface area contributed by atoms with Crippen molar-refractivity contribution in [2.45, 2.75) is 37.6 Å². The van der Waals surface area contributed by atoms with Crippen molar-refractivity contribution >= 4 is 23.4 Å². The van der Waals surface area contributed by atoms with Crippen LogP contribution in [-0.2, 0) is 14.3 Å². The van der Waals surface area contributed by atoms with Crippen LogP contribution in [0.25, 0.3) is 0 Å². The number of carbonyl (C=O) groups excluding carboxylic acids is 3. The van der Waals surface area contributed by atoms with Crippen LogP contribution in [0.3, 0.4) is 0 Å². The largest absolute Gasteiger partial charge is 0.471 e. The second kappa shape index (κ2) is 9.51. The Bertz CT molecular complexity index is 833. The van der Waals surface area contributed by atoms with Gasteiger partial charge in [0, 0.05) is 30.9 Å². The number of likely N-dealkylation sites (tertiary alicyclic amines) is 1. The molecule has 2 saturated heterocycles. The van der Waals surface area contributed by atoms with Crippen LogP contribution in [0, 0.1) is 5.92 Å². The molecule has 1 aromatic carbocycles. The molecule has 0 saturated carbocycles. The standard InChI is InChI=1S/C21H24F3N3O4/c1-2-17(28)25-15-5-3-14(4-6-15)19(29)27-10-7-13(8-11-27)18-16(9-12-31-18)26-20(30)21(22,23)24/h2-6,13,16,18H,1,7-12H2,(H,25,28)(H,26,30)/t16-,18+/m1/s1. The first kappa shape index (κ1) is 22.8. The van der Waals surface area contributed by atoms with Gasteiger partial charge in [-0.2, -0.15) is 13.2 Å². The van der Waals surface area contributed by atoms with E-state index >= 15 is 0 Å². The van der Waals surface area contributed by atoms with Crippen LogP contribution in [0.1, 0.15) is 29.6 Å². The number of piperidine rings is 1. The molecule has 0 bridgehead atoms. The lowest BCUT2D eigenvalue weighted by Crippen LogP contribution is -2.50. The molecular formula is C21H24F3N3O4. The number of alkyl halides is 3. The molecule has 1 aromatic rings. The maximum absolute atomic E-state index is 12.7. The van der Waals surface area contributed by atoms with Crippen LogP contribution in [0.4, 0.5) is 18.9 Å². The molecule has 2 fully saturated rings. The van der Waals surface area contributed by atoms with Crippen LogP contribution in [0.15, 0.2) is 36.9 Å². The zero-order valence-corrected chi connectivity index (χ0v) is 16.8. The molecule has 2 N–H and O–H groups in total. The molecule has 2 heterocycles. The normalized spacial score (nSPS) is 22.1. The maximum Gasteiger partial charge on any atom is 0.471 e. The summed E-state index contributed by atoms with van der Waals surface area (Å²) in [5.74, 6) is -2.50. The minimum atomic E-state index is -4.92. The Morgan fingerprint density at radius 3 is 2.32 bits per heavy atom. The highest BCUT2D eigenvalue weighted by Crippen LogP contribution is 2.30. The van der Waals surface area contributed by atoms with Gasteiger partial charge in [-0.15, -0.1) is 0 Å². The lowest BCUT2D eigenvalue weighted by atomic mass is 9.87. The lowest BCUT2D eigenvalue weighted by molar-refractivity contribution is -0.175. The van der Waals surface area contributed by atoms with Gasteiger partial charge in [0.05, 0.1) is 12.1 Å². The average Bonchev–Trinajstić information content (AvgIpc) is 3.21. The Morgan fingerprint density at radius 2 is 1.74 bits per heavy atom. The zero-order valence-electron chi connectivity index (χ0n) is 16.8. The first-order valence-corrected chi connectivity index (χ1v) is 10.0. The molecule has 0 radical (unpaired) electrons. The van der Waals surface area contributed by atoms with E-state index < -0.39 is 24.2 Å². The third kappa shape index (κ3) is 5.63. The summed E-state index contributed by atoms with van der Waals surface area (Å²) < 4.78 is 43.3. The van der Waals surface area contributed by atoms with Crippen molar-refractivity contribution in [3.05, 3.63) is 42.5 Å². The Balaban J connectivity index is 1.54. The molecule has 0 aromatic heterocycles. The summed E-state index contributed by atoms with van der Waals surface area (Å²) in [4.78, 5) is 37.0. The molecule has 2 aliphatic rings.